The van der Waals surface area contributed by atoms with Crippen molar-refractivity contribution in [1.82, 2.24) is 8.61 Å². The molecule has 1 saturated heterocycles. The lowest BCUT2D eigenvalue weighted by atomic mass is 9.98. The van der Waals surface area contributed by atoms with Gasteiger partial charge in [0, 0.05) is 32.9 Å². The van der Waals surface area contributed by atoms with Gasteiger partial charge in [-0.05, 0) is 68.1 Å². The van der Waals surface area contributed by atoms with Crippen LogP contribution >= 0.6 is 0 Å². The molecule has 2 aromatic rings. The Morgan fingerprint density at radius 2 is 1.71 bits per heavy atom. The van der Waals surface area contributed by atoms with Crippen molar-refractivity contribution in [3.05, 3.63) is 47.5 Å². The molecular weight excluding hydrogens is 478 g/mol. The van der Waals surface area contributed by atoms with Crippen LogP contribution in [0.25, 0.3) is 0 Å². The van der Waals surface area contributed by atoms with Gasteiger partial charge < -0.3 is 10.1 Å². The molecule has 1 aliphatic heterocycles. The summed E-state index contributed by atoms with van der Waals surface area (Å²) in [6.45, 7) is 3.92. The van der Waals surface area contributed by atoms with Gasteiger partial charge in [0.05, 0.1) is 22.8 Å². The molecule has 11 heteroatoms. The Labute approximate surface area is 201 Å². The van der Waals surface area contributed by atoms with E-state index >= 15 is 0 Å². The summed E-state index contributed by atoms with van der Waals surface area (Å²) in [5.74, 6) is -0.298. The number of hydrogen-bond donors (Lipinski definition) is 1. The lowest BCUT2D eigenvalue weighted by molar-refractivity contribution is -0.120. The molecule has 3 rings (SSSR count). The number of amides is 1. The van der Waals surface area contributed by atoms with Crippen molar-refractivity contribution < 1.29 is 26.4 Å². The molecule has 1 aliphatic rings. The molecule has 1 atom stereocenters. The SMILES string of the molecule is COc1ccc(S(=O)(=O)N2CCC[C@H](C(=O)Nc3cc(S(=O)(=O)N(C)C)ccc3C)C2)cc1C. The summed E-state index contributed by atoms with van der Waals surface area (Å²) >= 11 is 0. The van der Waals surface area contributed by atoms with Crippen molar-refractivity contribution in [2.75, 3.05) is 39.6 Å². The fourth-order valence-electron chi connectivity index (χ4n) is 3.88. The van der Waals surface area contributed by atoms with Crippen LogP contribution in [0.2, 0.25) is 0 Å². The van der Waals surface area contributed by atoms with E-state index in [9.17, 15) is 21.6 Å². The Kier molecular flexibility index (Phi) is 7.71. The van der Waals surface area contributed by atoms with E-state index in [4.69, 9.17) is 4.74 Å². The number of aryl methyl sites for hydroxylation is 2. The molecule has 0 aliphatic carbocycles. The van der Waals surface area contributed by atoms with E-state index in [1.807, 2.05) is 0 Å². The van der Waals surface area contributed by atoms with Crippen LogP contribution in [0.4, 0.5) is 5.69 Å². The first kappa shape index (κ1) is 26.1. The van der Waals surface area contributed by atoms with Crippen molar-refractivity contribution in [3.63, 3.8) is 0 Å². The van der Waals surface area contributed by atoms with Gasteiger partial charge >= 0.3 is 0 Å². The highest BCUT2D eigenvalue weighted by molar-refractivity contribution is 7.89. The van der Waals surface area contributed by atoms with E-state index in [0.29, 0.717) is 42.0 Å². The molecule has 1 amide bonds. The number of ether oxygens (including phenoxy) is 1. The summed E-state index contributed by atoms with van der Waals surface area (Å²) < 4.78 is 59.0. The topological polar surface area (TPSA) is 113 Å². The average Bonchev–Trinajstić information content (AvgIpc) is 2.80. The van der Waals surface area contributed by atoms with Crippen molar-refractivity contribution in [2.24, 2.45) is 5.92 Å². The van der Waals surface area contributed by atoms with Crippen molar-refractivity contribution >= 4 is 31.6 Å². The molecule has 186 valence electrons. The molecule has 1 fully saturated rings. The molecule has 9 nitrogen and oxygen atoms in total. The molecular formula is C23H31N3O6S2. The minimum Gasteiger partial charge on any atom is -0.496 e. The van der Waals surface area contributed by atoms with Crippen LogP contribution in [0, 0.1) is 19.8 Å². The molecule has 34 heavy (non-hydrogen) atoms. The summed E-state index contributed by atoms with van der Waals surface area (Å²) in [7, 11) is -3.03. The largest absolute Gasteiger partial charge is 0.496 e. The second-order valence-corrected chi connectivity index (χ2v) is 12.7. The van der Waals surface area contributed by atoms with Gasteiger partial charge in [-0.25, -0.2) is 21.1 Å². The lowest BCUT2D eigenvalue weighted by Crippen LogP contribution is -2.43. The van der Waals surface area contributed by atoms with Gasteiger partial charge in [-0.2, -0.15) is 4.31 Å². The highest BCUT2D eigenvalue weighted by Crippen LogP contribution is 2.29. The monoisotopic (exact) mass is 509 g/mol. The van der Waals surface area contributed by atoms with Gasteiger partial charge in [0.15, 0.2) is 0 Å². The molecule has 0 aromatic heterocycles. The summed E-state index contributed by atoms with van der Waals surface area (Å²) in [5, 5.41) is 2.81. The van der Waals surface area contributed by atoms with E-state index in [2.05, 4.69) is 5.32 Å². The first-order chi connectivity index (χ1) is 15.9. The van der Waals surface area contributed by atoms with Gasteiger partial charge in [0.25, 0.3) is 0 Å². The molecule has 0 unspecified atom stereocenters. The first-order valence-corrected chi connectivity index (χ1v) is 13.7. The van der Waals surface area contributed by atoms with Crippen LogP contribution in [-0.2, 0) is 24.8 Å². The number of nitrogens with zero attached hydrogens (tertiary/aromatic N) is 2. The highest BCUT2D eigenvalue weighted by Gasteiger charge is 2.34. The zero-order valence-corrected chi connectivity index (χ0v) is 21.7. The first-order valence-electron chi connectivity index (χ1n) is 10.9. The zero-order valence-electron chi connectivity index (χ0n) is 20.0. The predicted molar refractivity (Wildman–Crippen MR) is 130 cm³/mol. The number of methoxy groups -OCH3 is 1. The average molecular weight is 510 g/mol. The summed E-state index contributed by atoms with van der Waals surface area (Å²) in [6, 6.07) is 9.25. The summed E-state index contributed by atoms with van der Waals surface area (Å²) in [4.78, 5) is 13.3. The normalized spacial score (nSPS) is 17.5. The van der Waals surface area contributed by atoms with Crippen LogP contribution in [0.3, 0.4) is 0 Å². The maximum Gasteiger partial charge on any atom is 0.243 e. The predicted octanol–water partition coefficient (Wildman–Crippen LogP) is 2.60. The quantitative estimate of drug-likeness (QED) is 0.614. The Morgan fingerprint density at radius 1 is 1.03 bits per heavy atom. The maximum atomic E-state index is 13.2. The Balaban J connectivity index is 1.79. The number of anilines is 1. The van der Waals surface area contributed by atoms with E-state index in [1.165, 1.54) is 43.7 Å². The third kappa shape index (κ3) is 5.27. The Bertz CT molecular complexity index is 1290. The van der Waals surface area contributed by atoms with Gasteiger partial charge in [0.1, 0.15) is 5.75 Å². The van der Waals surface area contributed by atoms with Crippen molar-refractivity contribution in [3.8, 4) is 5.75 Å². The van der Waals surface area contributed by atoms with Crippen LogP contribution in [-0.4, -0.2) is 65.6 Å². The minimum atomic E-state index is -3.78. The number of carbonyl (C=O) groups excluding carboxylic acids is 1. The molecule has 1 N–H and O–H groups in total. The van der Waals surface area contributed by atoms with Crippen molar-refractivity contribution in [2.45, 2.75) is 36.5 Å². The second-order valence-electron chi connectivity index (χ2n) is 8.59. The van der Waals surface area contributed by atoms with Crippen LogP contribution in [0.5, 0.6) is 5.75 Å². The molecule has 0 bridgehead atoms. The van der Waals surface area contributed by atoms with Crippen LogP contribution < -0.4 is 10.1 Å². The number of hydrogen-bond acceptors (Lipinski definition) is 6. The van der Waals surface area contributed by atoms with Crippen LogP contribution in [0.1, 0.15) is 24.0 Å². The number of carbonyl (C=O) groups is 1. The third-order valence-electron chi connectivity index (χ3n) is 6.00. The maximum absolute atomic E-state index is 13.2. The smallest absolute Gasteiger partial charge is 0.243 e. The number of benzene rings is 2. The number of piperidine rings is 1. The molecule has 0 spiro atoms. The zero-order chi connectivity index (χ0) is 25.3. The van der Waals surface area contributed by atoms with Gasteiger partial charge in [0.2, 0.25) is 26.0 Å². The van der Waals surface area contributed by atoms with E-state index in [-0.39, 0.29) is 22.2 Å². The molecule has 2 aromatic carbocycles. The van der Waals surface area contributed by atoms with Gasteiger partial charge in [-0.15, -0.1) is 0 Å². The number of nitrogens with one attached hydrogen (secondary N) is 1. The van der Waals surface area contributed by atoms with Crippen LogP contribution in [0.15, 0.2) is 46.2 Å². The molecule has 0 saturated carbocycles. The summed E-state index contributed by atoms with van der Waals surface area (Å²) in [6.07, 6.45) is 1.08. The van der Waals surface area contributed by atoms with Gasteiger partial charge in [-0.1, -0.05) is 6.07 Å². The number of sulfonamides is 2. The standard InChI is InChI=1S/C23H31N3O6S2/c1-16-8-9-20(33(28,29)25(3)4)14-21(16)24-23(27)18-7-6-12-26(15-18)34(30,31)19-10-11-22(32-5)17(2)13-19/h8-11,13-14,18H,6-7,12,15H2,1-5H3,(H,24,27)/t18-/m0/s1. The summed E-state index contributed by atoms with van der Waals surface area (Å²) in [5.41, 5.74) is 1.80. The fraction of sp³-hybridized carbons (Fsp3) is 0.435. The highest BCUT2D eigenvalue weighted by atomic mass is 32.2. The third-order valence-corrected chi connectivity index (χ3v) is 9.68. The second kappa shape index (κ2) is 10.0. The molecule has 0 radical (unpaired) electrons. The van der Waals surface area contributed by atoms with E-state index < -0.39 is 26.0 Å². The fourth-order valence-corrected chi connectivity index (χ4v) is 6.41. The van der Waals surface area contributed by atoms with E-state index in [0.717, 1.165) is 4.31 Å². The number of rotatable bonds is 7. The van der Waals surface area contributed by atoms with Gasteiger partial charge in [-0.3, -0.25) is 4.79 Å². The lowest BCUT2D eigenvalue weighted by Gasteiger charge is -2.31. The Hall–Kier alpha value is -2.47. The minimum absolute atomic E-state index is 0.0496. The Morgan fingerprint density at radius 3 is 2.32 bits per heavy atom. The van der Waals surface area contributed by atoms with E-state index in [1.54, 1.807) is 32.0 Å². The van der Waals surface area contributed by atoms with Crippen molar-refractivity contribution in [1.29, 1.82) is 0 Å². The molecule has 1 heterocycles.